The molecule has 0 aliphatic heterocycles. The molecule has 87 valence electrons. The molecule has 0 fully saturated rings. The molecule has 0 aromatic carbocycles. The molecule has 4 nitrogen and oxygen atoms in total. The average Bonchev–Trinajstić information content (AvgIpc) is 1.79. The molecule has 0 rings (SSSR count). The molecule has 0 bridgehead atoms. The van der Waals surface area contributed by atoms with Crippen LogP contribution in [0.15, 0.2) is 0 Å². The summed E-state index contributed by atoms with van der Waals surface area (Å²) in [6, 6.07) is 0. The summed E-state index contributed by atoms with van der Waals surface area (Å²) in [6.07, 6.45) is 0.611. The second kappa shape index (κ2) is 11.3. The molecule has 0 amide bonds. The molecule has 0 aromatic rings. The number of ketones is 4. The quantitative estimate of drug-likeness (QED) is 0.410. The zero-order valence-electron chi connectivity index (χ0n) is 9.58. The van der Waals surface area contributed by atoms with Crippen LogP contribution in [-0.4, -0.2) is 42.3 Å². The van der Waals surface area contributed by atoms with Crippen molar-refractivity contribution in [3.63, 3.8) is 0 Å². The maximum atomic E-state index is 8.46. The van der Waals surface area contributed by atoms with Gasteiger partial charge in [-0.05, 0) is 0 Å². The molecule has 0 aliphatic rings. The van der Waals surface area contributed by atoms with Gasteiger partial charge in [-0.25, -0.2) is 0 Å². The van der Waals surface area contributed by atoms with Gasteiger partial charge >= 0.3 is 23.1 Å². The first-order valence-electron chi connectivity index (χ1n) is 4.31. The predicted molar refractivity (Wildman–Crippen MR) is 59.7 cm³/mol. The summed E-state index contributed by atoms with van der Waals surface area (Å²) in [5, 5.41) is 0. The number of hydrogen-bond acceptors (Lipinski definition) is 0. The summed E-state index contributed by atoms with van der Waals surface area (Å²) in [4.78, 5) is 33.8. The molecule has 0 unspecified atom stereocenters. The summed E-state index contributed by atoms with van der Waals surface area (Å²) >= 11 is 0. The minimum Gasteiger partial charge on any atom is -0.283 e. The average molecular weight is 259 g/mol. The Kier molecular flexibility index (Phi) is 14.8. The number of carbonyl (C=O) groups excluding carboxylic acids is 4. The Morgan fingerprint density at radius 2 is 0.733 bits per heavy atom. The summed E-state index contributed by atoms with van der Waals surface area (Å²) in [5.41, 5.74) is 0. The van der Waals surface area contributed by atoms with Crippen molar-refractivity contribution in [1.82, 2.24) is 0 Å². The Morgan fingerprint density at radius 1 is 0.600 bits per heavy atom. The van der Waals surface area contributed by atoms with E-state index in [4.69, 9.17) is 19.2 Å². The molecule has 0 saturated carbocycles. The monoisotopic (exact) mass is 259 g/mol. The van der Waals surface area contributed by atoms with E-state index in [1.807, 2.05) is 0 Å². The maximum absolute atomic E-state index is 8.46. The largest absolute Gasteiger partial charge is 0.302 e. The molecule has 0 aromatic heterocycles. The molecular formula is C10H20MnO4+4. The van der Waals surface area contributed by atoms with Gasteiger partial charge in [0.05, 0.1) is 0 Å². The van der Waals surface area contributed by atoms with E-state index in [9.17, 15) is 0 Å². The van der Waals surface area contributed by atoms with Crippen molar-refractivity contribution in [3.05, 3.63) is 0 Å². The normalized spacial score (nSPS) is 7.73. The first-order valence-corrected chi connectivity index (χ1v) is 4.31. The van der Waals surface area contributed by atoms with Crippen LogP contribution in [-0.2, 0) is 17.1 Å². The number of hydrogen-bond donors (Lipinski definition) is 0. The molecule has 1 radical (unpaired) electrons. The van der Waals surface area contributed by atoms with Crippen LogP contribution in [0.3, 0.4) is 0 Å². The fourth-order valence-electron chi connectivity index (χ4n) is 0.740. The Hall–Kier alpha value is -0.801. The van der Waals surface area contributed by atoms with Crippen LogP contribution in [0.1, 0.15) is 40.5 Å². The van der Waals surface area contributed by atoms with E-state index in [1.165, 1.54) is 0 Å². The van der Waals surface area contributed by atoms with E-state index in [0.717, 1.165) is 0 Å². The Bertz CT molecular complexity index is 196. The molecule has 0 spiro atoms. The van der Waals surface area contributed by atoms with Gasteiger partial charge in [0.25, 0.3) is 0 Å². The van der Waals surface area contributed by atoms with E-state index < -0.39 is 0 Å². The molecule has 15 heavy (non-hydrogen) atoms. The fourth-order valence-corrected chi connectivity index (χ4v) is 0.740. The third-order valence-corrected chi connectivity index (χ3v) is 1.02. The Balaban J connectivity index is -0.000000180. The van der Waals surface area contributed by atoms with Crippen LogP contribution in [0.2, 0.25) is 0 Å². The van der Waals surface area contributed by atoms with Gasteiger partial charge in [-0.3, -0.25) is 19.2 Å². The Morgan fingerprint density at radius 3 is 0.733 bits per heavy atom. The van der Waals surface area contributed by atoms with Gasteiger partial charge in [0.15, 0.2) is 12.8 Å². The van der Waals surface area contributed by atoms with Crippen molar-refractivity contribution < 1.29 is 36.2 Å². The van der Waals surface area contributed by atoms with Crippen molar-refractivity contribution in [2.24, 2.45) is 0 Å². The van der Waals surface area contributed by atoms with E-state index in [2.05, 4.69) is 0 Å². The van der Waals surface area contributed by atoms with E-state index in [0.29, 0.717) is 12.8 Å². The van der Waals surface area contributed by atoms with E-state index in [1.54, 1.807) is 27.7 Å². The number of rotatable bonds is 4. The SMILES string of the molecule is CC(=[OH+])CC(C)=[OH+].CC(=[OH+])CC(C)=[OH+].[Mn]. The summed E-state index contributed by atoms with van der Waals surface area (Å²) in [5.74, 6) is 1.00. The van der Waals surface area contributed by atoms with Gasteiger partial charge < -0.3 is 0 Å². The molecule has 0 aliphatic carbocycles. The summed E-state index contributed by atoms with van der Waals surface area (Å²) < 4.78 is 0. The zero-order chi connectivity index (χ0) is 11.7. The standard InChI is InChI=1S/2C5H8O2.Mn/c2*1-4(6)3-5(2)7;/h2*3H2,1-2H3;/p+4. The molecule has 5 heteroatoms. The van der Waals surface area contributed by atoms with Crippen molar-refractivity contribution in [2.75, 3.05) is 0 Å². The van der Waals surface area contributed by atoms with Gasteiger partial charge in [-0.2, -0.15) is 0 Å². The summed E-state index contributed by atoms with van der Waals surface area (Å²) in [6.45, 7) is 6.22. The third-order valence-electron chi connectivity index (χ3n) is 1.02. The summed E-state index contributed by atoms with van der Waals surface area (Å²) in [7, 11) is 0. The van der Waals surface area contributed by atoms with Crippen LogP contribution in [0.5, 0.6) is 0 Å². The van der Waals surface area contributed by atoms with Crippen LogP contribution in [0, 0.1) is 0 Å². The third kappa shape index (κ3) is 31.9. The molecule has 0 saturated heterocycles. The molecule has 0 heterocycles. The van der Waals surface area contributed by atoms with Gasteiger partial charge in [-0.15, -0.1) is 0 Å². The minimum absolute atomic E-state index is 0. The van der Waals surface area contributed by atoms with E-state index in [-0.39, 0.29) is 40.2 Å². The van der Waals surface area contributed by atoms with Gasteiger partial charge in [0.1, 0.15) is 0 Å². The molecule has 0 atom stereocenters. The molecular weight excluding hydrogens is 239 g/mol. The topological polar surface area (TPSA) is 85.6 Å². The second-order valence-corrected chi connectivity index (χ2v) is 3.29. The van der Waals surface area contributed by atoms with Crippen molar-refractivity contribution in [1.29, 1.82) is 0 Å². The van der Waals surface area contributed by atoms with Crippen LogP contribution >= 0.6 is 0 Å². The van der Waals surface area contributed by atoms with Crippen molar-refractivity contribution in [2.45, 2.75) is 40.5 Å². The van der Waals surface area contributed by atoms with Gasteiger partial charge in [0.2, 0.25) is 0 Å². The minimum atomic E-state index is 0. The Labute approximate surface area is 100 Å². The van der Waals surface area contributed by atoms with E-state index >= 15 is 0 Å². The van der Waals surface area contributed by atoms with Crippen LogP contribution in [0.25, 0.3) is 0 Å². The predicted octanol–water partition coefficient (Wildman–Crippen LogP) is 1.01. The van der Waals surface area contributed by atoms with Gasteiger partial charge in [-0.1, -0.05) is 0 Å². The second-order valence-electron chi connectivity index (χ2n) is 3.29. The van der Waals surface area contributed by atoms with Crippen LogP contribution in [0.4, 0.5) is 0 Å². The van der Waals surface area contributed by atoms with Crippen molar-refractivity contribution >= 4 is 23.1 Å². The first-order chi connectivity index (χ1) is 6.25. The fraction of sp³-hybridized carbons (Fsp3) is 0.600. The maximum Gasteiger partial charge on any atom is 0.302 e. The van der Waals surface area contributed by atoms with Gasteiger partial charge in [0, 0.05) is 44.8 Å². The smallest absolute Gasteiger partial charge is 0.283 e. The van der Waals surface area contributed by atoms with Crippen LogP contribution < -0.4 is 0 Å². The zero-order valence-corrected chi connectivity index (χ0v) is 10.8. The first kappa shape index (κ1) is 19.7. The molecule has 4 N–H and O–H groups in total. The van der Waals surface area contributed by atoms with Crippen molar-refractivity contribution in [3.8, 4) is 0 Å².